The summed E-state index contributed by atoms with van der Waals surface area (Å²) in [5.74, 6) is -0.0920. The van der Waals surface area contributed by atoms with E-state index in [4.69, 9.17) is 4.74 Å². The average molecular weight is 788 g/mol. The zero-order valence-electron chi connectivity index (χ0n) is 37.1. The summed E-state index contributed by atoms with van der Waals surface area (Å²) < 4.78 is 5.43. The maximum Gasteiger partial charge on any atom is 0.305 e. The van der Waals surface area contributed by atoms with E-state index in [1.165, 1.54) is 135 Å². The number of aliphatic hydroxyl groups is 2. The summed E-state index contributed by atoms with van der Waals surface area (Å²) in [6.45, 7) is 4.85. The van der Waals surface area contributed by atoms with Crippen molar-refractivity contribution in [2.45, 2.75) is 257 Å². The Labute approximate surface area is 347 Å². The van der Waals surface area contributed by atoms with Crippen LogP contribution in [-0.4, -0.2) is 47.4 Å². The Morgan fingerprint density at radius 1 is 0.500 bits per heavy atom. The van der Waals surface area contributed by atoms with E-state index in [0.29, 0.717) is 25.9 Å². The number of carbonyl (C=O) groups is 2. The Bertz CT molecular complexity index is 915. The molecule has 0 aromatic carbocycles. The number of unbranched alkanes of at least 4 members (excludes halogenated alkanes) is 28. The van der Waals surface area contributed by atoms with E-state index >= 15 is 0 Å². The van der Waals surface area contributed by atoms with Crippen molar-refractivity contribution >= 4 is 11.9 Å². The van der Waals surface area contributed by atoms with Gasteiger partial charge in [0.25, 0.3) is 0 Å². The summed E-state index contributed by atoms with van der Waals surface area (Å²) in [4.78, 5) is 24.4. The highest BCUT2D eigenvalue weighted by Crippen LogP contribution is 2.15. The lowest BCUT2D eigenvalue weighted by atomic mass is 10.0. The number of aliphatic hydroxyl groups excluding tert-OH is 2. The van der Waals surface area contributed by atoms with E-state index in [9.17, 15) is 19.8 Å². The highest BCUT2D eigenvalue weighted by Gasteiger charge is 2.20. The molecule has 56 heavy (non-hydrogen) atoms. The highest BCUT2D eigenvalue weighted by molar-refractivity contribution is 5.76. The van der Waals surface area contributed by atoms with Gasteiger partial charge in [0.2, 0.25) is 5.91 Å². The lowest BCUT2D eigenvalue weighted by molar-refractivity contribution is -0.143. The molecule has 0 aliphatic carbocycles. The number of nitrogens with one attached hydrogen (secondary N) is 1. The molecule has 0 aromatic rings. The van der Waals surface area contributed by atoms with E-state index < -0.39 is 12.1 Å². The molecule has 6 heteroatoms. The van der Waals surface area contributed by atoms with Crippen LogP contribution in [0.25, 0.3) is 0 Å². The Morgan fingerprint density at radius 2 is 0.893 bits per heavy atom. The Hall–Kier alpha value is -1.92. The molecule has 0 saturated heterocycles. The van der Waals surface area contributed by atoms with Crippen LogP contribution in [0, 0.1) is 0 Å². The molecular weight excluding hydrogens is 695 g/mol. The van der Waals surface area contributed by atoms with Crippen molar-refractivity contribution in [2.24, 2.45) is 0 Å². The monoisotopic (exact) mass is 788 g/mol. The van der Waals surface area contributed by atoms with Crippen LogP contribution >= 0.6 is 0 Å². The number of carbonyl (C=O) groups excluding carboxylic acids is 2. The van der Waals surface area contributed by atoms with Crippen LogP contribution in [0.5, 0.6) is 0 Å². The smallest absolute Gasteiger partial charge is 0.305 e. The first-order valence-electron chi connectivity index (χ1n) is 24.3. The second kappa shape index (κ2) is 45.8. The fourth-order valence-electron chi connectivity index (χ4n) is 7.15. The second-order valence-corrected chi connectivity index (χ2v) is 16.5. The van der Waals surface area contributed by atoms with Crippen molar-refractivity contribution in [3.63, 3.8) is 0 Å². The van der Waals surface area contributed by atoms with E-state index in [2.05, 4.69) is 55.6 Å². The van der Waals surface area contributed by atoms with E-state index in [1.54, 1.807) is 0 Å². The Morgan fingerprint density at radius 3 is 1.38 bits per heavy atom. The van der Waals surface area contributed by atoms with Crippen molar-refractivity contribution in [3.8, 4) is 0 Å². The molecule has 328 valence electrons. The molecule has 2 unspecified atom stereocenters. The summed E-state index contributed by atoms with van der Waals surface area (Å²) in [5.41, 5.74) is 0. The van der Waals surface area contributed by atoms with E-state index in [1.807, 2.05) is 0 Å². The molecule has 0 rings (SSSR count). The van der Waals surface area contributed by atoms with Crippen molar-refractivity contribution in [1.29, 1.82) is 0 Å². The number of rotatable bonds is 44. The molecule has 0 aliphatic rings. The van der Waals surface area contributed by atoms with Crippen molar-refractivity contribution in [1.82, 2.24) is 5.32 Å². The van der Waals surface area contributed by atoms with Crippen molar-refractivity contribution in [2.75, 3.05) is 13.2 Å². The normalized spacial score (nSPS) is 13.0. The third-order valence-corrected chi connectivity index (χ3v) is 10.9. The lowest BCUT2D eigenvalue weighted by Crippen LogP contribution is -2.45. The van der Waals surface area contributed by atoms with Gasteiger partial charge >= 0.3 is 5.97 Å². The maximum absolute atomic E-state index is 12.4. The standard InChI is InChI=1S/C50H93NO5/c1-3-5-7-9-11-13-15-16-21-24-28-32-36-40-44-50(55)56-45-41-37-33-29-25-22-19-17-18-20-23-27-31-35-39-43-49(54)51-47(46-52)48(53)42-38-34-30-26-14-12-10-8-6-4-2/h15-17,19,22,25,47-48,52-53H,3-14,18,20-21,23-24,26-46H2,1-2H3,(H,51,54)/b16-15-,19-17-,25-22-. The molecule has 3 N–H and O–H groups in total. The number of esters is 1. The first-order valence-corrected chi connectivity index (χ1v) is 24.3. The van der Waals surface area contributed by atoms with Gasteiger partial charge in [-0.1, -0.05) is 185 Å². The van der Waals surface area contributed by atoms with Crippen molar-refractivity contribution in [3.05, 3.63) is 36.5 Å². The molecule has 0 heterocycles. The first kappa shape index (κ1) is 54.1. The van der Waals surface area contributed by atoms with E-state index in [-0.39, 0.29) is 18.5 Å². The largest absolute Gasteiger partial charge is 0.466 e. The quantitative estimate of drug-likeness (QED) is 0.0247. The predicted octanol–water partition coefficient (Wildman–Crippen LogP) is 14.1. The van der Waals surface area contributed by atoms with Crippen LogP contribution < -0.4 is 5.32 Å². The zero-order chi connectivity index (χ0) is 40.8. The molecule has 0 aliphatic heterocycles. The summed E-state index contributed by atoms with van der Waals surface area (Å²) >= 11 is 0. The van der Waals surface area contributed by atoms with Gasteiger partial charge in [0, 0.05) is 12.8 Å². The minimum Gasteiger partial charge on any atom is -0.466 e. The number of hydrogen-bond donors (Lipinski definition) is 3. The molecule has 0 saturated carbocycles. The number of allylic oxidation sites excluding steroid dienone is 6. The SMILES string of the molecule is CCCCCCC/C=C\CCCCCCCC(=O)OCCCCC/C=C\C=C/CCCCCCCCC(=O)NC(CO)C(O)CCCCCCCCCCCC. The topological polar surface area (TPSA) is 95.9 Å². The number of amides is 1. The van der Waals surface area contributed by atoms with Crippen LogP contribution in [-0.2, 0) is 14.3 Å². The molecule has 1 amide bonds. The molecule has 0 fully saturated rings. The highest BCUT2D eigenvalue weighted by atomic mass is 16.5. The Balaban J connectivity index is 3.53. The van der Waals surface area contributed by atoms with Crippen LogP contribution in [0.4, 0.5) is 0 Å². The molecule has 6 nitrogen and oxygen atoms in total. The fourth-order valence-corrected chi connectivity index (χ4v) is 7.15. The van der Waals surface area contributed by atoms with Gasteiger partial charge in [-0.15, -0.1) is 0 Å². The third-order valence-electron chi connectivity index (χ3n) is 10.9. The first-order chi connectivity index (χ1) is 27.5. The van der Waals surface area contributed by atoms with Crippen LogP contribution in [0.2, 0.25) is 0 Å². The summed E-state index contributed by atoms with van der Waals surface area (Å²) in [6.07, 6.45) is 53.9. The van der Waals surface area contributed by atoms with Gasteiger partial charge in [-0.3, -0.25) is 9.59 Å². The summed E-state index contributed by atoms with van der Waals surface area (Å²) in [7, 11) is 0. The van der Waals surface area contributed by atoms with Crippen LogP contribution in [0.1, 0.15) is 245 Å². The molecular formula is C50H93NO5. The van der Waals surface area contributed by atoms with Gasteiger partial charge in [0.05, 0.1) is 25.4 Å². The van der Waals surface area contributed by atoms with Crippen molar-refractivity contribution < 1.29 is 24.5 Å². The maximum atomic E-state index is 12.4. The van der Waals surface area contributed by atoms with Gasteiger partial charge in [-0.05, 0) is 83.5 Å². The average Bonchev–Trinajstić information content (AvgIpc) is 3.20. The number of ether oxygens (including phenoxy) is 1. The molecule has 2 atom stereocenters. The molecule has 0 radical (unpaired) electrons. The van der Waals surface area contributed by atoms with Crippen LogP contribution in [0.15, 0.2) is 36.5 Å². The van der Waals surface area contributed by atoms with Gasteiger partial charge in [-0.25, -0.2) is 0 Å². The minimum absolute atomic E-state index is 0.0312. The second-order valence-electron chi connectivity index (χ2n) is 16.5. The summed E-state index contributed by atoms with van der Waals surface area (Å²) in [5, 5.41) is 23.1. The van der Waals surface area contributed by atoms with E-state index in [0.717, 1.165) is 77.0 Å². The number of hydrogen-bond acceptors (Lipinski definition) is 5. The minimum atomic E-state index is -0.677. The summed E-state index contributed by atoms with van der Waals surface area (Å²) in [6, 6.07) is -0.556. The van der Waals surface area contributed by atoms with Gasteiger partial charge < -0.3 is 20.3 Å². The predicted molar refractivity (Wildman–Crippen MR) is 241 cm³/mol. The van der Waals surface area contributed by atoms with Crippen LogP contribution in [0.3, 0.4) is 0 Å². The Kier molecular flexibility index (Phi) is 44.2. The zero-order valence-corrected chi connectivity index (χ0v) is 37.1. The lowest BCUT2D eigenvalue weighted by Gasteiger charge is -2.22. The molecule has 0 aromatic heterocycles. The van der Waals surface area contributed by atoms with Gasteiger partial charge in [-0.2, -0.15) is 0 Å². The van der Waals surface area contributed by atoms with Gasteiger partial charge in [0.1, 0.15) is 0 Å². The van der Waals surface area contributed by atoms with Gasteiger partial charge in [0.15, 0.2) is 0 Å². The fraction of sp³-hybridized carbons (Fsp3) is 0.840. The third kappa shape index (κ3) is 41.7. The molecule has 0 spiro atoms. The molecule has 0 bridgehead atoms.